The van der Waals surface area contributed by atoms with Crippen molar-refractivity contribution in [2.45, 2.75) is 0 Å². The Kier molecular flexibility index (Phi) is 5.19. The molecule has 0 saturated carbocycles. The quantitative estimate of drug-likeness (QED) is 0.351. The van der Waals surface area contributed by atoms with E-state index in [1.54, 1.807) is 30.5 Å². The third-order valence-corrected chi connectivity index (χ3v) is 4.98. The van der Waals surface area contributed by atoms with E-state index in [-0.39, 0.29) is 5.91 Å². The van der Waals surface area contributed by atoms with Crippen molar-refractivity contribution in [3.05, 3.63) is 90.0 Å². The second kappa shape index (κ2) is 8.44. The molecule has 0 saturated heterocycles. The van der Waals surface area contributed by atoms with Crippen LogP contribution in [0.15, 0.2) is 79.3 Å². The normalized spacial score (nSPS) is 10.8. The second-order valence-corrected chi connectivity index (χ2v) is 7.34. The number of aromatic amines is 1. The van der Waals surface area contributed by atoms with Crippen LogP contribution in [0.5, 0.6) is 0 Å². The molecule has 0 bridgehead atoms. The molecule has 0 aliphatic rings. The largest absolute Gasteiger partial charge is 0.339 e. The molecule has 0 aliphatic heterocycles. The van der Waals surface area contributed by atoms with Crippen molar-refractivity contribution in [1.29, 1.82) is 0 Å². The van der Waals surface area contributed by atoms with Crippen LogP contribution in [0.4, 0.5) is 17.2 Å². The minimum atomic E-state index is -0.288. The highest BCUT2D eigenvalue weighted by Gasteiger charge is 2.15. The first-order valence-electron chi connectivity index (χ1n) is 9.72. The molecule has 0 atom stereocenters. The zero-order valence-corrected chi connectivity index (χ0v) is 17.3. The van der Waals surface area contributed by atoms with Crippen LogP contribution in [0.25, 0.3) is 22.3 Å². The summed E-state index contributed by atoms with van der Waals surface area (Å²) in [6, 6.07) is 20.0. The van der Waals surface area contributed by atoms with Gasteiger partial charge in [-0.25, -0.2) is 9.97 Å². The van der Waals surface area contributed by atoms with Crippen molar-refractivity contribution in [3.63, 3.8) is 0 Å². The molecule has 1 amide bonds. The number of nitrogens with zero attached hydrogens (tertiary/aromatic N) is 4. The van der Waals surface area contributed by atoms with E-state index in [9.17, 15) is 4.79 Å². The number of hydrogen-bond acceptors (Lipinski definition) is 6. The number of carbonyl (C=O) groups excluding carboxylic acids is 1. The molecule has 9 heteroatoms. The summed E-state index contributed by atoms with van der Waals surface area (Å²) in [7, 11) is 0. The number of benzene rings is 2. The maximum absolute atomic E-state index is 12.5. The Morgan fingerprint density at radius 3 is 2.62 bits per heavy atom. The third kappa shape index (κ3) is 3.99. The molecule has 5 rings (SSSR count). The fourth-order valence-electron chi connectivity index (χ4n) is 3.31. The van der Waals surface area contributed by atoms with Crippen molar-refractivity contribution in [2.75, 3.05) is 10.6 Å². The summed E-state index contributed by atoms with van der Waals surface area (Å²) in [4.78, 5) is 25.2. The molecule has 2 aromatic carbocycles. The SMILES string of the molecule is O=C(Nc1cccc(-c2[nH]nc3ncnc(Nc4cccc(Cl)c4)c23)c1)c1ccccn1. The highest BCUT2D eigenvalue weighted by atomic mass is 35.5. The van der Waals surface area contributed by atoms with E-state index in [1.807, 2.05) is 42.5 Å². The number of carbonyl (C=O) groups is 1. The molecule has 3 aromatic heterocycles. The molecule has 3 heterocycles. The molecule has 32 heavy (non-hydrogen) atoms. The number of H-pyrrole nitrogens is 1. The van der Waals surface area contributed by atoms with Gasteiger partial charge in [0.1, 0.15) is 17.8 Å². The van der Waals surface area contributed by atoms with Gasteiger partial charge in [0.2, 0.25) is 0 Å². The summed E-state index contributed by atoms with van der Waals surface area (Å²) in [5.74, 6) is 0.299. The predicted molar refractivity (Wildman–Crippen MR) is 124 cm³/mol. The van der Waals surface area contributed by atoms with Gasteiger partial charge in [0.15, 0.2) is 5.65 Å². The van der Waals surface area contributed by atoms with Crippen molar-refractivity contribution < 1.29 is 4.79 Å². The van der Waals surface area contributed by atoms with Crippen LogP contribution in [-0.2, 0) is 0 Å². The number of hydrogen-bond donors (Lipinski definition) is 3. The van der Waals surface area contributed by atoms with Crippen LogP contribution in [0.3, 0.4) is 0 Å². The second-order valence-electron chi connectivity index (χ2n) is 6.90. The Hall–Kier alpha value is -4.30. The molecule has 5 aromatic rings. The summed E-state index contributed by atoms with van der Waals surface area (Å²) in [5.41, 5.74) is 3.81. The monoisotopic (exact) mass is 441 g/mol. The topological polar surface area (TPSA) is 108 Å². The maximum Gasteiger partial charge on any atom is 0.274 e. The fraction of sp³-hybridized carbons (Fsp3) is 0. The van der Waals surface area contributed by atoms with Gasteiger partial charge in [-0.05, 0) is 42.5 Å². The van der Waals surface area contributed by atoms with E-state index in [4.69, 9.17) is 11.6 Å². The van der Waals surface area contributed by atoms with Crippen LogP contribution >= 0.6 is 11.6 Å². The highest BCUT2D eigenvalue weighted by Crippen LogP contribution is 2.32. The molecule has 0 unspecified atom stereocenters. The summed E-state index contributed by atoms with van der Waals surface area (Å²) in [5, 5.41) is 14.8. The molecule has 0 fully saturated rings. The van der Waals surface area contributed by atoms with E-state index < -0.39 is 0 Å². The van der Waals surface area contributed by atoms with Crippen LogP contribution in [-0.4, -0.2) is 31.1 Å². The number of rotatable bonds is 5. The number of pyridine rings is 1. The summed E-state index contributed by atoms with van der Waals surface area (Å²) < 4.78 is 0. The van der Waals surface area contributed by atoms with Gasteiger partial charge in [0.05, 0.1) is 11.1 Å². The third-order valence-electron chi connectivity index (χ3n) is 4.74. The lowest BCUT2D eigenvalue weighted by Gasteiger charge is -2.09. The van der Waals surface area contributed by atoms with Crippen LogP contribution in [0.2, 0.25) is 5.02 Å². The van der Waals surface area contributed by atoms with E-state index in [1.165, 1.54) is 6.33 Å². The lowest BCUT2D eigenvalue weighted by molar-refractivity contribution is 0.102. The zero-order chi connectivity index (χ0) is 21.9. The first kappa shape index (κ1) is 19.7. The van der Waals surface area contributed by atoms with Gasteiger partial charge in [-0.2, -0.15) is 5.10 Å². The van der Waals surface area contributed by atoms with Crippen LogP contribution in [0, 0.1) is 0 Å². The van der Waals surface area contributed by atoms with E-state index in [0.29, 0.717) is 27.9 Å². The van der Waals surface area contributed by atoms with Crippen molar-refractivity contribution >= 4 is 45.7 Å². The van der Waals surface area contributed by atoms with Crippen molar-refractivity contribution in [2.24, 2.45) is 0 Å². The zero-order valence-electron chi connectivity index (χ0n) is 16.6. The van der Waals surface area contributed by atoms with Gasteiger partial charge in [0, 0.05) is 28.2 Å². The summed E-state index contributed by atoms with van der Waals surface area (Å²) in [6.07, 6.45) is 3.03. The minimum absolute atomic E-state index is 0.288. The van der Waals surface area contributed by atoms with Gasteiger partial charge in [0.25, 0.3) is 5.91 Å². The number of aromatic nitrogens is 5. The van der Waals surface area contributed by atoms with Crippen molar-refractivity contribution in [3.8, 4) is 11.3 Å². The Labute approximate surface area is 187 Å². The first-order valence-corrected chi connectivity index (χ1v) is 10.1. The van der Waals surface area contributed by atoms with Gasteiger partial charge in [-0.1, -0.05) is 35.9 Å². The van der Waals surface area contributed by atoms with Crippen LogP contribution in [0.1, 0.15) is 10.5 Å². The summed E-state index contributed by atoms with van der Waals surface area (Å²) >= 11 is 6.11. The maximum atomic E-state index is 12.5. The molecule has 0 spiro atoms. The number of nitrogens with one attached hydrogen (secondary N) is 3. The molecule has 156 valence electrons. The molecule has 8 nitrogen and oxygen atoms in total. The van der Waals surface area contributed by atoms with Crippen molar-refractivity contribution in [1.82, 2.24) is 25.1 Å². The average Bonchev–Trinajstić information content (AvgIpc) is 3.25. The number of fused-ring (bicyclic) bond motifs is 1. The van der Waals surface area contributed by atoms with E-state index in [0.717, 1.165) is 22.3 Å². The summed E-state index contributed by atoms with van der Waals surface area (Å²) in [6.45, 7) is 0. The lowest BCUT2D eigenvalue weighted by Crippen LogP contribution is -2.13. The molecular weight excluding hydrogens is 426 g/mol. The Balaban J connectivity index is 1.50. The highest BCUT2D eigenvalue weighted by molar-refractivity contribution is 6.30. The fourth-order valence-corrected chi connectivity index (χ4v) is 3.50. The van der Waals surface area contributed by atoms with Crippen LogP contribution < -0.4 is 10.6 Å². The van der Waals surface area contributed by atoms with Gasteiger partial charge in [-0.15, -0.1) is 0 Å². The lowest BCUT2D eigenvalue weighted by atomic mass is 10.1. The Morgan fingerprint density at radius 1 is 0.906 bits per heavy atom. The molecule has 3 N–H and O–H groups in total. The van der Waals surface area contributed by atoms with Gasteiger partial charge >= 0.3 is 0 Å². The van der Waals surface area contributed by atoms with Gasteiger partial charge in [-0.3, -0.25) is 14.9 Å². The average molecular weight is 442 g/mol. The Bertz CT molecular complexity index is 1420. The standard InChI is InChI=1S/C23H16ClN7O/c24-15-6-4-8-17(12-15)28-21-19-20(30-31-22(19)27-13-26-21)14-5-3-7-16(11-14)29-23(32)18-9-1-2-10-25-18/h1-13H,(H,29,32)(H2,26,27,28,30,31). The predicted octanol–water partition coefficient (Wildman–Crippen LogP) is 5.06. The molecular formula is C23H16ClN7O. The van der Waals surface area contributed by atoms with E-state index >= 15 is 0 Å². The number of halogens is 1. The smallest absolute Gasteiger partial charge is 0.274 e. The minimum Gasteiger partial charge on any atom is -0.339 e. The Morgan fingerprint density at radius 2 is 1.78 bits per heavy atom. The first-order chi connectivity index (χ1) is 15.7. The number of anilines is 3. The molecule has 0 radical (unpaired) electrons. The van der Waals surface area contributed by atoms with Gasteiger partial charge < -0.3 is 10.6 Å². The molecule has 0 aliphatic carbocycles. The number of amides is 1. The van der Waals surface area contributed by atoms with E-state index in [2.05, 4.69) is 35.8 Å².